The van der Waals surface area contributed by atoms with Crippen LogP contribution in [0.2, 0.25) is 9.36 Å². The van der Waals surface area contributed by atoms with Crippen LogP contribution in [0.5, 0.6) is 0 Å². The molecular formula is C19H14Cl2N2O2S. The smallest absolute Gasteiger partial charge is 0.204 e. The Balaban J connectivity index is 2.13. The van der Waals surface area contributed by atoms with Gasteiger partial charge in [0.2, 0.25) is 5.78 Å². The zero-order valence-electron chi connectivity index (χ0n) is 13.4. The third kappa shape index (κ3) is 3.97. The fourth-order valence-electron chi connectivity index (χ4n) is 2.45. The molecule has 0 aliphatic rings. The number of nitrogens with two attached hydrogens (primary N) is 1. The fourth-order valence-corrected chi connectivity index (χ4v) is 3.58. The first kappa shape index (κ1) is 18.6. The Morgan fingerprint density at radius 2 is 1.85 bits per heavy atom. The van der Waals surface area contributed by atoms with E-state index in [1.807, 2.05) is 0 Å². The highest BCUT2D eigenvalue weighted by Crippen LogP contribution is 2.32. The minimum absolute atomic E-state index is 0.0684. The number of carbonyl (C=O) groups is 1. The summed E-state index contributed by atoms with van der Waals surface area (Å²) in [7, 11) is 0. The molecule has 0 spiro atoms. The molecule has 0 amide bonds. The van der Waals surface area contributed by atoms with Gasteiger partial charge in [-0.05, 0) is 35.9 Å². The summed E-state index contributed by atoms with van der Waals surface area (Å²) in [5.74, 6) is -0.384. The lowest BCUT2D eigenvalue weighted by Crippen LogP contribution is -2.17. The van der Waals surface area contributed by atoms with Crippen LogP contribution in [0.3, 0.4) is 0 Å². The summed E-state index contributed by atoms with van der Waals surface area (Å²) in [6.45, 7) is 0. The fraction of sp³-hybridized carbons (Fsp3) is 0.0526. The van der Waals surface area contributed by atoms with E-state index in [1.165, 1.54) is 6.20 Å². The molecule has 26 heavy (non-hydrogen) atoms. The van der Waals surface area contributed by atoms with Crippen molar-refractivity contribution in [1.82, 2.24) is 4.98 Å². The highest BCUT2D eigenvalue weighted by Gasteiger charge is 2.26. The van der Waals surface area contributed by atoms with Crippen LogP contribution in [0.25, 0.3) is 5.70 Å². The largest absolute Gasteiger partial charge is 0.398 e. The van der Waals surface area contributed by atoms with E-state index in [-0.39, 0.29) is 17.1 Å². The van der Waals surface area contributed by atoms with Gasteiger partial charge in [-0.2, -0.15) is 0 Å². The number of hydrogen-bond acceptors (Lipinski definition) is 5. The van der Waals surface area contributed by atoms with Crippen LogP contribution in [-0.4, -0.2) is 15.9 Å². The number of benzene rings is 1. The Bertz CT molecular complexity index is 953. The number of thiophene rings is 1. The number of halogens is 2. The van der Waals surface area contributed by atoms with Crippen molar-refractivity contribution in [3.8, 4) is 0 Å². The summed E-state index contributed by atoms with van der Waals surface area (Å²) in [6.07, 6.45) is 1.85. The molecule has 1 atom stereocenters. The molecule has 4 nitrogen and oxygen atoms in total. The van der Waals surface area contributed by atoms with Crippen molar-refractivity contribution < 1.29 is 9.90 Å². The molecule has 1 aromatic carbocycles. The maximum atomic E-state index is 13.1. The van der Waals surface area contributed by atoms with Crippen LogP contribution in [0.1, 0.15) is 26.9 Å². The van der Waals surface area contributed by atoms with Crippen molar-refractivity contribution in [2.45, 2.75) is 6.10 Å². The van der Waals surface area contributed by atoms with Crippen molar-refractivity contribution in [3.05, 3.63) is 91.9 Å². The minimum Gasteiger partial charge on any atom is -0.398 e. The van der Waals surface area contributed by atoms with Gasteiger partial charge in [-0.25, -0.2) is 0 Å². The monoisotopic (exact) mass is 404 g/mol. The Morgan fingerprint density at radius 3 is 2.42 bits per heavy atom. The predicted molar refractivity (Wildman–Crippen MR) is 105 cm³/mol. The molecule has 132 valence electrons. The molecule has 0 aliphatic heterocycles. The third-order valence-corrected chi connectivity index (χ3v) is 5.24. The first-order valence-corrected chi connectivity index (χ1v) is 9.18. The lowest BCUT2D eigenvalue weighted by atomic mass is 9.94. The van der Waals surface area contributed by atoms with Crippen LogP contribution in [0.15, 0.2) is 66.5 Å². The van der Waals surface area contributed by atoms with E-state index in [0.29, 0.717) is 25.4 Å². The molecular weight excluding hydrogens is 391 g/mol. The maximum absolute atomic E-state index is 13.1. The number of carbonyl (C=O) groups excluding carboxylic acids is 1. The molecule has 3 aromatic rings. The molecule has 3 N–H and O–H groups in total. The molecule has 7 heteroatoms. The Labute approximate surface area is 164 Å². The lowest BCUT2D eigenvalue weighted by Gasteiger charge is -2.17. The van der Waals surface area contributed by atoms with Gasteiger partial charge in [-0.15, -0.1) is 11.3 Å². The van der Waals surface area contributed by atoms with Gasteiger partial charge in [0, 0.05) is 28.7 Å². The molecule has 2 aromatic heterocycles. The minimum atomic E-state index is -1.23. The van der Waals surface area contributed by atoms with Crippen molar-refractivity contribution in [2.24, 2.45) is 5.73 Å². The van der Waals surface area contributed by atoms with Gasteiger partial charge in [0.1, 0.15) is 6.10 Å². The number of rotatable bonds is 5. The van der Waals surface area contributed by atoms with Gasteiger partial charge in [0.05, 0.1) is 14.8 Å². The van der Waals surface area contributed by atoms with E-state index >= 15 is 0 Å². The topological polar surface area (TPSA) is 76.2 Å². The number of nitrogens with zero attached hydrogens (tertiary/aromatic N) is 1. The summed E-state index contributed by atoms with van der Waals surface area (Å²) >= 11 is 13.0. The average molecular weight is 405 g/mol. The van der Waals surface area contributed by atoms with E-state index in [4.69, 9.17) is 28.9 Å². The first-order valence-electron chi connectivity index (χ1n) is 7.61. The van der Waals surface area contributed by atoms with Crippen LogP contribution >= 0.6 is 34.5 Å². The summed E-state index contributed by atoms with van der Waals surface area (Å²) in [4.78, 5) is 17.5. The molecule has 0 saturated heterocycles. The molecule has 2 heterocycles. The number of hydrogen-bond donors (Lipinski definition) is 2. The zero-order chi connectivity index (χ0) is 18.7. The van der Waals surface area contributed by atoms with E-state index in [2.05, 4.69) is 4.98 Å². The van der Waals surface area contributed by atoms with E-state index in [1.54, 1.807) is 54.7 Å². The predicted octanol–water partition coefficient (Wildman–Crippen LogP) is 4.74. The summed E-state index contributed by atoms with van der Waals surface area (Å²) in [5.41, 5.74) is 7.58. The SMILES string of the molecule is NC(=C(C(=O)c1ccc(Cl)s1)C(O)c1cccnc1)c1ccc(Cl)cc1. The summed E-state index contributed by atoms with van der Waals surface area (Å²) in [6, 6.07) is 13.3. The number of ketones is 1. The highest BCUT2D eigenvalue weighted by molar-refractivity contribution is 7.18. The zero-order valence-corrected chi connectivity index (χ0v) is 15.7. The number of aliphatic hydroxyl groups excluding tert-OH is 1. The third-order valence-electron chi connectivity index (χ3n) is 3.76. The van der Waals surface area contributed by atoms with Crippen molar-refractivity contribution in [1.29, 1.82) is 0 Å². The molecule has 0 radical (unpaired) electrons. The number of aliphatic hydroxyl groups is 1. The van der Waals surface area contributed by atoms with Crippen LogP contribution in [0.4, 0.5) is 0 Å². The standard InChI is InChI=1S/C19H14Cl2N2O2S/c20-13-5-3-11(4-6-13)17(22)16(18(24)12-2-1-9-23-10-12)19(25)14-7-8-15(21)26-14/h1-10,18,24H,22H2. The van der Waals surface area contributed by atoms with Crippen molar-refractivity contribution >= 4 is 46.0 Å². The van der Waals surface area contributed by atoms with Crippen LogP contribution < -0.4 is 5.73 Å². The van der Waals surface area contributed by atoms with Crippen LogP contribution in [-0.2, 0) is 0 Å². The second kappa shape index (κ2) is 8.01. The maximum Gasteiger partial charge on any atom is 0.204 e. The van der Waals surface area contributed by atoms with Gasteiger partial charge >= 0.3 is 0 Å². The van der Waals surface area contributed by atoms with Gasteiger partial charge < -0.3 is 10.8 Å². The van der Waals surface area contributed by atoms with Crippen molar-refractivity contribution in [2.75, 3.05) is 0 Å². The number of pyridine rings is 1. The quantitative estimate of drug-likeness (QED) is 0.475. The molecule has 1 unspecified atom stereocenters. The summed E-state index contributed by atoms with van der Waals surface area (Å²) in [5, 5.41) is 11.4. The van der Waals surface area contributed by atoms with E-state index < -0.39 is 6.10 Å². The van der Waals surface area contributed by atoms with Gasteiger partial charge in [0.15, 0.2) is 0 Å². The van der Waals surface area contributed by atoms with Gasteiger partial charge in [-0.1, -0.05) is 41.4 Å². The second-order valence-corrected chi connectivity index (χ2v) is 7.61. The van der Waals surface area contributed by atoms with Crippen molar-refractivity contribution in [3.63, 3.8) is 0 Å². The number of Topliss-reactive ketones (excluding diaryl/α,β-unsaturated/α-hetero) is 1. The molecule has 3 rings (SSSR count). The summed E-state index contributed by atoms with van der Waals surface area (Å²) < 4.78 is 0.480. The second-order valence-electron chi connectivity index (χ2n) is 5.46. The molecule has 0 saturated carbocycles. The van der Waals surface area contributed by atoms with E-state index in [0.717, 1.165) is 11.3 Å². The molecule has 0 fully saturated rings. The molecule has 0 aliphatic carbocycles. The van der Waals surface area contributed by atoms with Crippen LogP contribution in [0, 0.1) is 0 Å². The Hall–Kier alpha value is -2.18. The first-order chi connectivity index (χ1) is 12.5. The highest BCUT2D eigenvalue weighted by atomic mass is 35.5. The molecule has 0 bridgehead atoms. The van der Waals surface area contributed by atoms with E-state index in [9.17, 15) is 9.90 Å². The Morgan fingerprint density at radius 1 is 1.12 bits per heavy atom. The Kier molecular flexibility index (Phi) is 5.74. The number of aromatic nitrogens is 1. The average Bonchev–Trinajstić information content (AvgIpc) is 3.09. The normalized spacial score (nSPS) is 13.2. The lowest BCUT2D eigenvalue weighted by molar-refractivity contribution is 0.0992. The van der Waals surface area contributed by atoms with Gasteiger partial charge in [0.25, 0.3) is 0 Å². The van der Waals surface area contributed by atoms with Gasteiger partial charge in [-0.3, -0.25) is 9.78 Å².